The maximum Gasteiger partial charge on any atom is 0.276 e. The highest BCUT2D eigenvalue weighted by Gasteiger charge is 2.34. The van der Waals surface area contributed by atoms with Gasteiger partial charge in [0.15, 0.2) is 5.69 Å². The standard InChI is InChI=1S/C18H22N2O4/c1-12-15(11-22-2)17(19-24-12)18(21)20-9-5-8-16(20)13-6-4-7-14(10-13)23-3/h4,6-7,10,16H,5,8-9,11H2,1-3H3/t16-/m0/s1. The van der Waals surface area contributed by atoms with E-state index < -0.39 is 0 Å². The van der Waals surface area contributed by atoms with Gasteiger partial charge in [0, 0.05) is 13.7 Å². The lowest BCUT2D eigenvalue weighted by Gasteiger charge is -2.25. The van der Waals surface area contributed by atoms with E-state index in [1.54, 1.807) is 21.1 Å². The van der Waals surface area contributed by atoms with E-state index in [2.05, 4.69) is 5.16 Å². The Kier molecular flexibility index (Phi) is 4.85. The van der Waals surface area contributed by atoms with Gasteiger partial charge in [0.05, 0.1) is 25.3 Å². The Balaban J connectivity index is 1.89. The second kappa shape index (κ2) is 7.05. The van der Waals surface area contributed by atoms with Crippen molar-refractivity contribution in [2.24, 2.45) is 0 Å². The molecule has 0 spiro atoms. The molecule has 1 saturated heterocycles. The highest BCUT2D eigenvalue weighted by Crippen LogP contribution is 2.35. The minimum atomic E-state index is -0.107. The number of likely N-dealkylation sites (tertiary alicyclic amines) is 1. The van der Waals surface area contributed by atoms with Crippen LogP contribution in [0, 0.1) is 6.92 Å². The van der Waals surface area contributed by atoms with Crippen molar-refractivity contribution in [3.05, 3.63) is 46.8 Å². The summed E-state index contributed by atoms with van der Waals surface area (Å²) in [5.41, 5.74) is 2.15. The minimum absolute atomic E-state index is 0.0278. The van der Waals surface area contributed by atoms with E-state index in [4.69, 9.17) is 14.0 Å². The highest BCUT2D eigenvalue weighted by molar-refractivity contribution is 5.94. The van der Waals surface area contributed by atoms with Gasteiger partial charge in [-0.05, 0) is 37.5 Å². The normalized spacial score (nSPS) is 17.3. The molecule has 0 N–H and O–H groups in total. The lowest BCUT2D eigenvalue weighted by Crippen LogP contribution is -2.31. The molecule has 1 aromatic heterocycles. The van der Waals surface area contributed by atoms with Crippen LogP contribution in [0.25, 0.3) is 0 Å². The number of ether oxygens (including phenoxy) is 2. The van der Waals surface area contributed by atoms with Crippen molar-refractivity contribution in [1.29, 1.82) is 0 Å². The molecule has 1 amide bonds. The first-order valence-electron chi connectivity index (χ1n) is 8.04. The summed E-state index contributed by atoms with van der Waals surface area (Å²) >= 11 is 0. The molecule has 6 heteroatoms. The van der Waals surface area contributed by atoms with E-state index in [1.165, 1.54) is 0 Å². The SMILES string of the molecule is COCc1c(C(=O)N2CCC[C@H]2c2cccc(OC)c2)noc1C. The molecule has 2 aromatic rings. The first kappa shape index (κ1) is 16.5. The maximum atomic E-state index is 13.0. The zero-order chi connectivity index (χ0) is 17.1. The molecular weight excluding hydrogens is 308 g/mol. The van der Waals surface area contributed by atoms with E-state index in [-0.39, 0.29) is 11.9 Å². The van der Waals surface area contributed by atoms with E-state index in [1.807, 2.05) is 29.2 Å². The molecule has 0 unspecified atom stereocenters. The fourth-order valence-electron chi connectivity index (χ4n) is 3.21. The Hall–Kier alpha value is -2.34. The Bertz CT molecular complexity index is 726. The number of rotatable bonds is 5. The van der Waals surface area contributed by atoms with Gasteiger partial charge in [-0.15, -0.1) is 0 Å². The number of nitrogens with zero attached hydrogens (tertiary/aromatic N) is 2. The van der Waals surface area contributed by atoms with E-state index in [9.17, 15) is 4.79 Å². The average Bonchev–Trinajstić information content (AvgIpc) is 3.23. The molecule has 2 heterocycles. The lowest BCUT2D eigenvalue weighted by molar-refractivity contribution is 0.0720. The summed E-state index contributed by atoms with van der Waals surface area (Å²) in [5.74, 6) is 1.31. The number of carbonyl (C=O) groups excluding carboxylic acids is 1. The van der Waals surface area contributed by atoms with Crippen molar-refractivity contribution in [3.63, 3.8) is 0 Å². The van der Waals surface area contributed by atoms with Gasteiger partial charge in [0.1, 0.15) is 11.5 Å². The van der Waals surface area contributed by atoms with Gasteiger partial charge in [0.2, 0.25) is 0 Å². The molecule has 1 fully saturated rings. The van der Waals surface area contributed by atoms with Crippen LogP contribution in [-0.4, -0.2) is 36.7 Å². The van der Waals surface area contributed by atoms with Crippen molar-refractivity contribution >= 4 is 5.91 Å². The Morgan fingerprint density at radius 2 is 2.25 bits per heavy atom. The van der Waals surface area contributed by atoms with E-state index >= 15 is 0 Å². The molecule has 0 bridgehead atoms. The number of amides is 1. The number of aryl methyl sites for hydroxylation is 1. The number of hydrogen-bond acceptors (Lipinski definition) is 5. The quantitative estimate of drug-likeness (QED) is 0.843. The van der Waals surface area contributed by atoms with E-state index in [0.29, 0.717) is 24.6 Å². The van der Waals surface area contributed by atoms with Gasteiger partial charge in [-0.1, -0.05) is 17.3 Å². The molecule has 3 rings (SSSR count). The number of aromatic nitrogens is 1. The third-order valence-corrected chi connectivity index (χ3v) is 4.47. The summed E-state index contributed by atoms with van der Waals surface area (Å²) in [6.45, 7) is 2.81. The van der Waals surface area contributed by atoms with Gasteiger partial charge < -0.3 is 18.9 Å². The third-order valence-electron chi connectivity index (χ3n) is 4.47. The second-order valence-corrected chi connectivity index (χ2v) is 5.93. The second-order valence-electron chi connectivity index (χ2n) is 5.93. The lowest BCUT2D eigenvalue weighted by atomic mass is 10.0. The first-order valence-corrected chi connectivity index (χ1v) is 8.04. The smallest absolute Gasteiger partial charge is 0.276 e. The van der Waals surface area contributed by atoms with Gasteiger partial charge in [-0.25, -0.2) is 0 Å². The number of benzene rings is 1. The van der Waals surface area contributed by atoms with Gasteiger partial charge in [-0.2, -0.15) is 0 Å². The van der Waals surface area contributed by atoms with Crippen molar-refractivity contribution in [2.75, 3.05) is 20.8 Å². The molecule has 128 valence electrons. The fourth-order valence-corrected chi connectivity index (χ4v) is 3.21. The van der Waals surface area contributed by atoms with Gasteiger partial charge in [0.25, 0.3) is 5.91 Å². The van der Waals surface area contributed by atoms with Crippen LogP contribution in [0.3, 0.4) is 0 Å². The van der Waals surface area contributed by atoms with Crippen molar-refractivity contribution in [1.82, 2.24) is 10.1 Å². The Morgan fingerprint density at radius 3 is 3.00 bits per heavy atom. The molecule has 1 aliphatic heterocycles. The molecule has 0 saturated carbocycles. The number of hydrogen-bond donors (Lipinski definition) is 0. The minimum Gasteiger partial charge on any atom is -0.497 e. The predicted octanol–water partition coefficient (Wildman–Crippen LogP) is 3.12. The number of methoxy groups -OCH3 is 2. The summed E-state index contributed by atoms with van der Waals surface area (Å²) in [7, 11) is 3.24. The predicted molar refractivity (Wildman–Crippen MR) is 88.0 cm³/mol. The van der Waals surface area contributed by atoms with Crippen LogP contribution in [0.2, 0.25) is 0 Å². The molecule has 1 aliphatic rings. The highest BCUT2D eigenvalue weighted by atomic mass is 16.5. The topological polar surface area (TPSA) is 64.8 Å². The van der Waals surface area contributed by atoms with Crippen LogP contribution >= 0.6 is 0 Å². The molecule has 24 heavy (non-hydrogen) atoms. The summed E-state index contributed by atoms with van der Waals surface area (Å²) in [6.07, 6.45) is 1.89. The zero-order valence-electron chi connectivity index (χ0n) is 14.2. The largest absolute Gasteiger partial charge is 0.497 e. The average molecular weight is 330 g/mol. The van der Waals surface area contributed by atoms with E-state index in [0.717, 1.165) is 29.7 Å². The molecule has 0 radical (unpaired) electrons. The van der Waals surface area contributed by atoms with Crippen LogP contribution in [0.4, 0.5) is 0 Å². The van der Waals surface area contributed by atoms with Crippen LogP contribution < -0.4 is 4.74 Å². The van der Waals surface area contributed by atoms with Crippen LogP contribution in [0.15, 0.2) is 28.8 Å². The van der Waals surface area contributed by atoms with Crippen molar-refractivity contribution in [3.8, 4) is 5.75 Å². The molecule has 1 aromatic carbocycles. The van der Waals surface area contributed by atoms with Gasteiger partial charge >= 0.3 is 0 Å². The zero-order valence-corrected chi connectivity index (χ0v) is 14.2. The summed E-state index contributed by atoms with van der Waals surface area (Å²) in [6, 6.07) is 7.90. The Labute approximate surface area is 141 Å². The third kappa shape index (κ3) is 3.01. The maximum absolute atomic E-state index is 13.0. The number of carbonyl (C=O) groups is 1. The summed E-state index contributed by atoms with van der Waals surface area (Å²) in [4.78, 5) is 14.9. The van der Waals surface area contributed by atoms with Crippen LogP contribution in [-0.2, 0) is 11.3 Å². The molecule has 6 nitrogen and oxygen atoms in total. The van der Waals surface area contributed by atoms with Crippen molar-refractivity contribution < 1.29 is 18.8 Å². The molecule has 1 atom stereocenters. The van der Waals surface area contributed by atoms with Gasteiger partial charge in [-0.3, -0.25) is 4.79 Å². The summed E-state index contributed by atoms with van der Waals surface area (Å²) < 4.78 is 15.7. The fraction of sp³-hybridized carbons (Fsp3) is 0.444. The Morgan fingerprint density at radius 1 is 1.42 bits per heavy atom. The molecule has 0 aliphatic carbocycles. The van der Waals surface area contributed by atoms with Crippen LogP contribution in [0.5, 0.6) is 5.75 Å². The van der Waals surface area contributed by atoms with Crippen LogP contribution in [0.1, 0.15) is 46.3 Å². The summed E-state index contributed by atoms with van der Waals surface area (Å²) in [5, 5.41) is 3.97. The van der Waals surface area contributed by atoms with Crippen molar-refractivity contribution in [2.45, 2.75) is 32.4 Å². The first-order chi connectivity index (χ1) is 11.7. The molecular formula is C18H22N2O4. The monoisotopic (exact) mass is 330 g/mol.